The second-order valence-electron chi connectivity index (χ2n) is 7.10. The van der Waals surface area contributed by atoms with Gasteiger partial charge in [-0.05, 0) is 31.2 Å². The van der Waals surface area contributed by atoms with Crippen molar-refractivity contribution >= 4 is 0 Å². The van der Waals surface area contributed by atoms with Crippen LogP contribution in [0, 0.1) is 5.92 Å². The van der Waals surface area contributed by atoms with Gasteiger partial charge in [0.2, 0.25) is 0 Å². The van der Waals surface area contributed by atoms with Crippen molar-refractivity contribution in [3.63, 3.8) is 0 Å². The molecule has 1 aliphatic heterocycles. The Kier molecular flexibility index (Phi) is 4.13. The van der Waals surface area contributed by atoms with Gasteiger partial charge in [0.25, 0.3) is 0 Å². The molecule has 0 amide bonds. The fourth-order valence-corrected chi connectivity index (χ4v) is 3.75. The number of rotatable bonds is 4. The molecule has 110 valence electrons. The second-order valence-corrected chi connectivity index (χ2v) is 7.10. The Morgan fingerprint density at radius 3 is 2.70 bits per heavy atom. The Hall–Kier alpha value is -0.860. The van der Waals surface area contributed by atoms with E-state index in [4.69, 9.17) is 0 Å². The molecule has 2 aliphatic rings. The summed E-state index contributed by atoms with van der Waals surface area (Å²) < 4.78 is 0. The minimum absolute atomic E-state index is 0.678. The molecule has 20 heavy (non-hydrogen) atoms. The van der Waals surface area contributed by atoms with Gasteiger partial charge in [-0.2, -0.15) is 0 Å². The van der Waals surface area contributed by atoms with Gasteiger partial charge in [0.05, 0.1) is 0 Å². The van der Waals surface area contributed by atoms with Crippen LogP contribution >= 0.6 is 0 Å². The van der Waals surface area contributed by atoms with Gasteiger partial charge in [-0.3, -0.25) is 4.90 Å². The van der Waals surface area contributed by atoms with E-state index in [2.05, 4.69) is 61.3 Å². The zero-order chi connectivity index (χ0) is 14.1. The molecule has 1 saturated heterocycles. The van der Waals surface area contributed by atoms with E-state index in [9.17, 15) is 0 Å². The van der Waals surface area contributed by atoms with Crippen molar-refractivity contribution in [2.75, 3.05) is 13.1 Å². The van der Waals surface area contributed by atoms with E-state index in [1.165, 1.54) is 24.9 Å². The average Bonchev–Trinajstić information content (AvgIpc) is 3.22. The molecule has 0 spiro atoms. The van der Waals surface area contributed by atoms with Crippen LogP contribution in [0.4, 0.5) is 0 Å². The number of nitrogens with zero attached hydrogens (tertiary/aromatic N) is 1. The highest BCUT2D eigenvalue weighted by Crippen LogP contribution is 2.45. The molecule has 2 nitrogen and oxygen atoms in total. The van der Waals surface area contributed by atoms with Gasteiger partial charge in [-0.15, -0.1) is 0 Å². The second kappa shape index (κ2) is 5.87. The van der Waals surface area contributed by atoms with E-state index in [-0.39, 0.29) is 0 Å². The predicted molar refractivity (Wildman–Crippen MR) is 85.0 cm³/mol. The summed E-state index contributed by atoms with van der Waals surface area (Å²) in [6.45, 7) is 9.41. The summed E-state index contributed by atoms with van der Waals surface area (Å²) in [5.74, 6) is 1.56. The topological polar surface area (TPSA) is 15.3 Å². The van der Waals surface area contributed by atoms with Crippen molar-refractivity contribution in [3.8, 4) is 0 Å². The number of benzene rings is 1. The van der Waals surface area contributed by atoms with Gasteiger partial charge >= 0.3 is 0 Å². The van der Waals surface area contributed by atoms with Crippen molar-refractivity contribution in [3.05, 3.63) is 35.9 Å². The Morgan fingerprint density at radius 1 is 1.25 bits per heavy atom. The zero-order valence-electron chi connectivity index (χ0n) is 13.0. The normalized spacial score (nSPS) is 34.4. The van der Waals surface area contributed by atoms with Crippen LogP contribution in [-0.2, 0) is 0 Å². The van der Waals surface area contributed by atoms with Gasteiger partial charge < -0.3 is 5.32 Å². The molecular formula is C18H28N2. The van der Waals surface area contributed by atoms with E-state index < -0.39 is 0 Å². The van der Waals surface area contributed by atoms with Crippen LogP contribution in [0.15, 0.2) is 30.3 Å². The minimum atomic E-state index is 0.678. The lowest BCUT2D eigenvalue weighted by Crippen LogP contribution is -2.56. The largest absolute Gasteiger partial charge is 0.311 e. The Labute approximate surface area is 123 Å². The third-order valence-electron chi connectivity index (χ3n) is 4.87. The molecule has 3 rings (SSSR count). The van der Waals surface area contributed by atoms with Gasteiger partial charge in [-0.1, -0.05) is 44.2 Å². The van der Waals surface area contributed by atoms with Crippen LogP contribution < -0.4 is 5.32 Å². The van der Waals surface area contributed by atoms with Crippen LogP contribution in [0.25, 0.3) is 0 Å². The van der Waals surface area contributed by atoms with Crippen molar-refractivity contribution in [1.82, 2.24) is 10.2 Å². The van der Waals surface area contributed by atoms with E-state index >= 15 is 0 Å². The van der Waals surface area contributed by atoms with E-state index in [1.807, 2.05) is 0 Å². The number of hydrogen-bond acceptors (Lipinski definition) is 2. The molecule has 4 unspecified atom stereocenters. The fraction of sp³-hybridized carbons (Fsp3) is 0.667. The first kappa shape index (κ1) is 14.1. The Balaban J connectivity index is 1.62. The van der Waals surface area contributed by atoms with E-state index in [0.29, 0.717) is 12.1 Å². The van der Waals surface area contributed by atoms with Crippen molar-refractivity contribution in [2.24, 2.45) is 5.92 Å². The molecule has 4 atom stereocenters. The first-order valence-electron chi connectivity index (χ1n) is 8.19. The maximum Gasteiger partial charge on any atom is 0.0198 e. The lowest BCUT2D eigenvalue weighted by Gasteiger charge is -2.40. The van der Waals surface area contributed by atoms with Gasteiger partial charge in [-0.25, -0.2) is 0 Å². The zero-order valence-corrected chi connectivity index (χ0v) is 13.0. The molecule has 0 bridgehead atoms. The molecule has 0 aromatic heterocycles. The smallest absolute Gasteiger partial charge is 0.0198 e. The summed E-state index contributed by atoms with van der Waals surface area (Å²) in [5, 5.41) is 3.73. The third-order valence-corrected chi connectivity index (χ3v) is 4.87. The molecule has 2 fully saturated rings. The maximum absolute atomic E-state index is 3.73. The summed E-state index contributed by atoms with van der Waals surface area (Å²) >= 11 is 0. The Bertz CT molecular complexity index is 428. The lowest BCUT2D eigenvalue weighted by molar-refractivity contribution is 0.122. The standard InChI is InChI=1S/C18H28N2/c1-13(2)9-16-12-20(14(3)11-19-16)18-10-17(18)15-7-5-4-6-8-15/h4-8,13-14,16-19H,9-12H2,1-3H3. The highest BCUT2D eigenvalue weighted by atomic mass is 15.3. The quantitative estimate of drug-likeness (QED) is 0.905. The van der Waals surface area contributed by atoms with Crippen LogP contribution in [0.1, 0.15) is 45.1 Å². The van der Waals surface area contributed by atoms with Gasteiger partial charge in [0.15, 0.2) is 0 Å². The van der Waals surface area contributed by atoms with Crippen molar-refractivity contribution in [1.29, 1.82) is 0 Å². The summed E-state index contributed by atoms with van der Waals surface area (Å²) in [6.07, 6.45) is 2.65. The number of hydrogen-bond donors (Lipinski definition) is 1. The summed E-state index contributed by atoms with van der Waals surface area (Å²) in [4.78, 5) is 2.77. The SMILES string of the molecule is CC(C)CC1CN(C2CC2c2ccccc2)C(C)CN1. The van der Waals surface area contributed by atoms with Crippen molar-refractivity contribution in [2.45, 2.75) is 57.7 Å². The van der Waals surface area contributed by atoms with Crippen LogP contribution in [0.2, 0.25) is 0 Å². The van der Waals surface area contributed by atoms with Gasteiger partial charge in [0.1, 0.15) is 0 Å². The number of nitrogens with one attached hydrogen (secondary N) is 1. The average molecular weight is 272 g/mol. The minimum Gasteiger partial charge on any atom is -0.311 e. The molecule has 1 aromatic carbocycles. The highest BCUT2D eigenvalue weighted by Gasteiger charge is 2.45. The highest BCUT2D eigenvalue weighted by molar-refractivity contribution is 5.28. The third kappa shape index (κ3) is 3.07. The van der Waals surface area contributed by atoms with Crippen LogP contribution in [-0.4, -0.2) is 36.1 Å². The molecule has 0 radical (unpaired) electrons. The molecule has 1 aromatic rings. The molecule has 2 heteroatoms. The molecular weight excluding hydrogens is 244 g/mol. The van der Waals surface area contributed by atoms with E-state index in [1.54, 1.807) is 0 Å². The summed E-state index contributed by atoms with van der Waals surface area (Å²) in [6, 6.07) is 13.2. The first-order chi connectivity index (χ1) is 9.65. The van der Waals surface area contributed by atoms with Crippen LogP contribution in [0.5, 0.6) is 0 Å². The van der Waals surface area contributed by atoms with E-state index in [0.717, 1.165) is 24.4 Å². The number of piperazine rings is 1. The molecule has 1 N–H and O–H groups in total. The maximum atomic E-state index is 3.73. The Morgan fingerprint density at radius 2 is 2.00 bits per heavy atom. The summed E-state index contributed by atoms with van der Waals surface area (Å²) in [5.41, 5.74) is 1.53. The summed E-state index contributed by atoms with van der Waals surface area (Å²) in [7, 11) is 0. The molecule has 1 saturated carbocycles. The van der Waals surface area contributed by atoms with Gasteiger partial charge in [0, 0.05) is 37.1 Å². The molecule has 1 heterocycles. The van der Waals surface area contributed by atoms with Crippen molar-refractivity contribution < 1.29 is 0 Å². The first-order valence-corrected chi connectivity index (χ1v) is 8.19. The fourth-order valence-electron chi connectivity index (χ4n) is 3.75. The van der Waals surface area contributed by atoms with Crippen LogP contribution in [0.3, 0.4) is 0 Å². The lowest BCUT2D eigenvalue weighted by atomic mass is 9.99. The predicted octanol–water partition coefficient (Wildman–Crippen LogP) is 3.25. The monoisotopic (exact) mass is 272 g/mol. The molecule has 1 aliphatic carbocycles.